The van der Waals surface area contributed by atoms with Gasteiger partial charge < -0.3 is 9.64 Å². The second-order valence-electron chi connectivity index (χ2n) is 6.61. The molecule has 0 N–H and O–H groups in total. The van der Waals surface area contributed by atoms with E-state index in [1.165, 1.54) is 19.2 Å². The first-order chi connectivity index (χ1) is 14.2. The summed E-state index contributed by atoms with van der Waals surface area (Å²) >= 11 is 0. The Morgan fingerprint density at radius 2 is 1.80 bits per heavy atom. The second kappa shape index (κ2) is 8.56. The summed E-state index contributed by atoms with van der Waals surface area (Å²) in [5, 5.41) is 3.63. The summed E-state index contributed by atoms with van der Waals surface area (Å²) in [4.78, 5) is 13.8. The summed E-state index contributed by atoms with van der Waals surface area (Å²) in [5.41, 5.74) is -1.49. The number of benzene rings is 2. The number of alkyl halides is 3. The molecule has 1 aromatic heterocycles. The molecule has 9 heteroatoms. The average molecular weight is 421 g/mol. The Bertz CT molecular complexity index is 1050. The van der Waals surface area contributed by atoms with Crippen molar-refractivity contribution >= 4 is 5.91 Å². The minimum atomic E-state index is -4.91. The van der Waals surface area contributed by atoms with E-state index >= 15 is 0 Å². The van der Waals surface area contributed by atoms with Crippen molar-refractivity contribution in [2.45, 2.75) is 13.1 Å². The lowest BCUT2D eigenvalue weighted by Crippen LogP contribution is -2.32. The van der Waals surface area contributed by atoms with E-state index < -0.39 is 34.8 Å². The number of ether oxygens (including phenoxy) is 1. The van der Waals surface area contributed by atoms with E-state index in [0.29, 0.717) is 10.4 Å². The van der Waals surface area contributed by atoms with Crippen molar-refractivity contribution < 1.29 is 27.1 Å². The van der Waals surface area contributed by atoms with Crippen molar-refractivity contribution in [3.05, 3.63) is 77.4 Å². The fourth-order valence-corrected chi connectivity index (χ4v) is 2.90. The minimum absolute atomic E-state index is 0.0509. The van der Waals surface area contributed by atoms with Gasteiger partial charge in [-0.05, 0) is 30.7 Å². The van der Waals surface area contributed by atoms with Crippen LogP contribution in [0.2, 0.25) is 0 Å². The molecule has 158 valence electrons. The highest BCUT2D eigenvalue weighted by Gasteiger charge is 2.41. The highest BCUT2D eigenvalue weighted by Crippen LogP contribution is 2.34. The van der Waals surface area contributed by atoms with Gasteiger partial charge >= 0.3 is 6.18 Å². The monoisotopic (exact) mass is 421 g/mol. The van der Waals surface area contributed by atoms with E-state index in [9.17, 15) is 22.4 Å². The molecule has 0 bridgehead atoms. The van der Waals surface area contributed by atoms with Crippen molar-refractivity contribution in [3.8, 4) is 11.4 Å². The fraction of sp³-hybridized carbons (Fsp3) is 0.238. The van der Waals surface area contributed by atoms with Crippen molar-refractivity contribution in [1.29, 1.82) is 0 Å². The maximum atomic E-state index is 14.0. The third-order valence-corrected chi connectivity index (χ3v) is 4.47. The number of carbonyl (C=O) groups is 1. The average Bonchev–Trinajstić information content (AvgIpc) is 3.14. The molecule has 0 aliphatic rings. The largest absolute Gasteiger partial charge is 0.491 e. The molecule has 0 radical (unpaired) electrons. The maximum Gasteiger partial charge on any atom is 0.434 e. The normalized spacial score (nSPS) is 11.4. The zero-order valence-corrected chi connectivity index (χ0v) is 16.3. The van der Waals surface area contributed by atoms with Gasteiger partial charge in [-0.2, -0.15) is 18.3 Å². The van der Waals surface area contributed by atoms with Crippen molar-refractivity contribution in [3.63, 3.8) is 0 Å². The van der Waals surface area contributed by atoms with Crippen LogP contribution in [-0.2, 0) is 6.18 Å². The lowest BCUT2D eigenvalue weighted by atomic mass is 10.2. The minimum Gasteiger partial charge on any atom is -0.491 e. The number of amides is 1. The number of carbonyl (C=O) groups excluding carboxylic acids is 1. The number of halogens is 4. The SMILES string of the molecule is Cc1ccccc1OCCN(C)C(=O)c1cnn(-c2ccccc2F)c1C(F)(F)F. The summed E-state index contributed by atoms with van der Waals surface area (Å²) in [7, 11) is 1.37. The van der Waals surface area contributed by atoms with E-state index in [4.69, 9.17) is 4.74 Å². The number of para-hydroxylation sites is 2. The molecule has 30 heavy (non-hydrogen) atoms. The van der Waals surface area contributed by atoms with Crippen molar-refractivity contribution in [1.82, 2.24) is 14.7 Å². The van der Waals surface area contributed by atoms with Crippen LogP contribution >= 0.6 is 0 Å². The van der Waals surface area contributed by atoms with Crippen LogP contribution in [0.25, 0.3) is 5.69 Å². The molecule has 0 unspecified atom stereocenters. The van der Waals surface area contributed by atoms with Crippen molar-refractivity contribution in [2.75, 3.05) is 20.2 Å². The van der Waals surface area contributed by atoms with E-state index in [1.807, 2.05) is 19.1 Å². The summed E-state index contributed by atoms with van der Waals surface area (Å²) in [6.45, 7) is 2.00. The van der Waals surface area contributed by atoms with Crippen LogP contribution in [0.5, 0.6) is 5.75 Å². The molecule has 0 fully saturated rings. The smallest absolute Gasteiger partial charge is 0.434 e. The predicted molar refractivity (Wildman–Crippen MR) is 102 cm³/mol. The van der Waals surface area contributed by atoms with E-state index in [-0.39, 0.29) is 13.2 Å². The van der Waals surface area contributed by atoms with Gasteiger partial charge in [-0.3, -0.25) is 4.79 Å². The van der Waals surface area contributed by atoms with Crippen LogP contribution in [0.1, 0.15) is 21.6 Å². The molecule has 1 amide bonds. The first-order valence-corrected chi connectivity index (χ1v) is 9.04. The molecule has 5 nitrogen and oxygen atoms in total. The Morgan fingerprint density at radius 3 is 2.47 bits per heavy atom. The standard InChI is InChI=1S/C21H19F4N3O2/c1-14-7-3-6-10-18(14)30-12-11-27(2)20(29)15-13-26-28(19(15)21(23,24)25)17-9-5-4-8-16(17)22/h3-10,13H,11-12H2,1-2H3. The molecular weight excluding hydrogens is 402 g/mol. The highest BCUT2D eigenvalue weighted by atomic mass is 19.4. The molecular formula is C21H19F4N3O2. The van der Waals surface area contributed by atoms with E-state index in [0.717, 1.165) is 28.8 Å². The Labute approximate surface area is 170 Å². The number of hydrogen-bond donors (Lipinski definition) is 0. The molecule has 0 saturated carbocycles. The molecule has 0 spiro atoms. The summed E-state index contributed by atoms with van der Waals surface area (Å²) in [5.74, 6) is -1.15. The predicted octanol–water partition coefficient (Wildman–Crippen LogP) is 4.49. The molecule has 3 rings (SSSR count). The number of likely N-dealkylation sites (N-methyl/N-ethyl adjacent to an activating group) is 1. The summed E-state index contributed by atoms with van der Waals surface area (Å²) in [6.07, 6.45) is -4.11. The van der Waals surface area contributed by atoms with Crippen LogP contribution in [0.3, 0.4) is 0 Å². The Morgan fingerprint density at radius 1 is 1.13 bits per heavy atom. The number of aromatic nitrogens is 2. The third kappa shape index (κ3) is 4.45. The highest BCUT2D eigenvalue weighted by molar-refractivity contribution is 5.95. The molecule has 0 aliphatic heterocycles. The van der Waals surface area contributed by atoms with Gasteiger partial charge in [0.15, 0.2) is 5.69 Å². The summed E-state index contributed by atoms with van der Waals surface area (Å²) < 4.78 is 61.2. The molecule has 3 aromatic rings. The molecule has 0 aliphatic carbocycles. The van der Waals surface area contributed by atoms with Gasteiger partial charge in [0.1, 0.15) is 23.9 Å². The number of hydrogen-bond acceptors (Lipinski definition) is 3. The first-order valence-electron chi connectivity index (χ1n) is 9.04. The quantitative estimate of drug-likeness (QED) is 0.551. The lowest BCUT2D eigenvalue weighted by molar-refractivity contribution is -0.143. The van der Waals surface area contributed by atoms with Gasteiger partial charge in [-0.1, -0.05) is 30.3 Å². The van der Waals surface area contributed by atoms with Crippen LogP contribution in [0.4, 0.5) is 17.6 Å². The van der Waals surface area contributed by atoms with E-state index in [2.05, 4.69) is 5.10 Å². The van der Waals surface area contributed by atoms with Gasteiger partial charge in [0.2, 0.25) is 0 Å². The number of nitrogens with zero attached hydrogens (tertiary/aromatic N) is 3. The topological polar surface area (TPSA) is 47.4 Å². The second-order valence-corrected chi connectivity index (χ2v) is 6.61. The van der Waals surface area contributed by atoms with Crippen molar-refractivity contribution in [2.24, 2.45) is 0 Å². The van der Waals surface area contributed by atoms with Gasteiger partial charge in [-0.25, -0.2) is 9.07 Å². The van der Waals surface area contributed by atoms with Crippen LogP contribution < -0.4 is 4.74 Å². The fourth-order valence-electron chi connectivity index (χ4n) is 2.90. The van der Waals surface area contributed by atoms with Gasteiger partial charge in [0, 0.05) is 7.05 Å². The molecule has 0 atom stereocenters. The van der Waals surface area contributed by atoms with Gasteiger partial charge in [-0.15, -0.1) is 0 Å². The Balaban J connectivity index is 1.81. The zero-order valence-electron chi connectivity index (χ0n) is 16.3. The molecule has 0 saturated heterocycles. The zero-order chi connectivity index (χ0) is 21.9. The van der Waals surface area contributed by atoms with Crippen LogP contribution in [0, 0.1) is 12.7 Å². The Hall–Kier alpha value is -3.36. The number of rotatable bonds is 6. The van der Waals surface area contributed by atoms with Crippen LogP contribution in [-0.4, -0.2) is 40.8 Å². The Kier molecular flexibility index (Phi) is 6.09. The lowest BCUT2D eigenvalue weighted by Gasteiger charge is -2.19. The van der Waals surface area contributed by atoms with Gasteiger partial charge in [0.05, 0.1) is 18.3 Å². The first kappa shape index (κ1) is 21.4. The third-order valence-electron chi connectivity index (χ3n) is 4.47. The molecule has 2 aromatic carbocycles. The van der Waals surface area contributed by atoms with Crippen LogP contribution in [0.15, 0.2) is 54.7 Å². The van der Waals surface area contributed by atoms with Gasteiger partial charge in [0.25, 0.3) is 5.91 Å². The van der Waals surface area contributed by atoms with E-state index in [1.54, 1.807) is 12.1 Å². The number of aryl methyl sites for hydroxylation is 1. The summed E-state index contributed by atoms with van der Waals surface area (Å²) in [6, 6.07) is 12.2. The molecule has 1 heterocycles. The maximum absolute atomic E-state index is 14.0.